The van der Waals surface area contributed by atoms with Crippen LogP contribution in [0.3, 0.4) is 0 Å². The lowest BCUT2D eigenvalue weighted by atomic mass is 9.96. The molecule has 1 saturated carbocycles. The number of nitrogens with zero attached hydrogens (tertiary/aromatic N) is 1. The molecule has 0 bridgehead atoms. The summed E-state index contributed by atoms with van der Waals surface area (Å²) in [4.78, 5) is 14.6. The quantitative estimate of drug-likeness (QED) is 0.882. The van der Waals surface area contributed by atoms with Crippen LogP contribution in [0.15, 0.2) is 18.2 Å². The summed E-state index contributed by atoms with van der Waals surface area (Å²) in [6, 6.07) is 6.30. The monoisotopic (exact) mass is 273 g/mol. The summed E-state index contributed by atoms with van der Waals surface area (Å²) in [5.41, 5.74) is 2.91. The number of carbonyl (C=O) groups excluding carboxylic acids is 1. The summed E-state index contributed by atoms with van der Waals surface area (Å²) in [7, 11) is 4.01. The summed E-state index contributed by atoms with van der Waals surface area (Å²) in [5, 5.41) is 6.31. The summed E-state index contributed by atoms with van der Waals surface area (Å²) >= 11 is 0. The van der Waals surface area contributed by atoms with E-state index in [1.807, 2.05) is 13.1 Å². The number of carbonyl (C=O) groups is 1. The zero-order valence-corrected chi connectivity index (χ0v) is 12.5. The molecule has 0 aromatic heterocycles. The van der Waals surface area contributed by atoms with Crippen molar-refractivity contribution >= 4 is 11.6 Å². The smallest absolute Gasteiger partial charge is 0.255 e. The fourth-order valence-corrected chi connectivity index (χ4v) is 2.95. The second-order valence-corrected chi connectivity index (χ2v) is 6.19. The molecule has 3 rings (SSSR count). The molecule has 0 spiro atoms. The van der Waals surface area contributed by atoms with Crippen molar-refractivity contribution in [1.29, 1.82) is 0 Å². The van der Waals surface area contributed by atoms with E-state index in [2.05, 4.69) is 41.6 Å². The van der Waals surface area contributed by atoms with Crippen molar-refractivity contribution in [1.82, 2.24) is 10.6 Å². The molecule has 2 aliphatic rings. The van der Waals surface area contributed by atoms with Gasteiger partial charge in [0.2, 0.25) is 0 Å². The highest BCUT2D eigenvalue weighted by atomic mass is 16.2. The summed E-state index contributed by atoms with van der Waals surface area (Å²) in [5.74, 6) is 0.751. The van der Waals surface area contributed by atoms with Crippen LogP contribution in [0.4, 0.5) is 5.69 Å². The third kappa shape index (κ3) is 2.18. The van der Waals surface area contributed by atoms with E-state index in [-0.39, 0.29) is 11.6 Å². The van der Waals surface area contributed by atoms with Gasteiger partial charge >= 0.3 is 0 Å². The topological polar surface area (TPSA) is 44.4 Å². The average molecular weight is 273 g/mol. The van der Waals surface area contributed by atoms with Crippen molar-refractivity contribution in [2.45, 2.75) is 37.8 Å². The second-order valence-electron chi connectivity index (χ2n) is 6.19. The highest BCUT2D eigenvalue weighted by Gasteiger charge is 2.38. The first-order chi connectivity index (χ1) is 9.55. The van der Waals surface area contributed by atoms with Crippen LogP contribution in [0, 0.1) is 0 Å². The molecule has 0 unspecified atom stereocenters. The highest BCUT2D eigenvalue weighted by Crippen LogP contribution is 2.43. The van der Waals surface area contributed by atoms with E-state index in [0.29, 0.717) is 5.92 Å². The first-order valence-electron chi connectivity index (χ1n) is 7.40. The van der Waals surface area contributed by atoms with E-state index in [1.54, 1.807) is 0 Å². The maximum Gasteiger partial charge on any atom is 0.255 e. The number of hydrogen-bond acceptors (Lipinski definition) is 3. The van der Waals surface area contributed by atoms with Crippen LogP contribution in [0.2, 0.25) is 0 Å². The van der Waals surface area contributed by atoms with E-state index in [1.165, 1.54) is 18.4 Å². The van der Waals surface area contributed by atoms with Gasteiger partial charge in [0, 0.05) is 13.5 Å². The fourth-order valence-electron chi connectivity index (χ4n) is 2.95. The predicted molar refractivity (Wildman–Crippen MR) is 81.2 cm³/mol. The van der Waals surface area contributed by atoms with Crippen molar-refractivity contribution < 1.29 is 4.79 Å². The van der Waals surface area contributed by atoms with Crippen molar-refractivity contribution in [2.75, 3.05) is 25.5 Å². The molecule has 4 heteroatoms. The maximum atomic E-state index is 12.3. The van der Waals surface area contributed by atoms with Crippen molar-refractivity contribution in [3.8, 4) is 0 Å². The molecule has 4 nitrogen and oxygen atoms in total. The lowest BCUT2D eigenvalue weighted by molar-refractivity contribution is 0.0887. The Hall–Kier alpha value is -1.55. The van der Waals surface area contributed by atoms with E-state index in [9.17, 15) is 4.79 Å². The first kappa shape index (κ1) is 13.4. The molecule has 108 valence electrons. The Morgan fingerprint density at radius 3 is 2.85 bits per heavy atom. The van der Waals surface area contributed by atoms with Crippen LogP contribution in [-0.4, -0.2) is 32.2 Å². The van der Waals surface area contributed by atoms with Gasteiger partial charge in [-0.2, -0.15) is 0 Å². The Bertz CT molecular complexity index is 539. The minimum Gasteiger partial charge on any atom is -0.351 e. The van der Waals surface area contributed by atoms with Gasteiger partial charge in [0.05, 0.1) is 11.3 Å². The highest BCUT2D eigenvalue weighted by molar-refractivity contribution is 6.02. The van der Waals surface area contributed by atoms with Gasteiger partial charge in [-0.05, 0) is 57.0 Å². The van der Waals surface area contributed by atoms with Crippen LogP contribution in [0.25, 0.3) is 0 Å². The van der Waals surface area contributed by atoms with Crippen LogP contribution in [0.1, 0.15) is 48.0 Å². The Kier molecular flexibility index (Phi) is 3.21. The Morgan fingerprint density at radius 2 is 2.20 bits per heavy atom. The first-order valence-corrected chi connectivity index (χ1v) is 7.40. The number of anilines is 1. The van der Waals surface area contributed by atoms with Gasteiger partial charge in [-0.3, -0.25) is 4.79 Å². The Balaban J connectivity index is 1.96. The van der Waals surface area contributed by atoms with Crippen molar-refractivity contribution in [3.05, 3.63) is 29.3 Å². The molecule has 1 amide bonds. The fraction of sp³-hybridized carbons (Fsp3) is 0.562. The molecule has 20 heavy (non-hydrogen) atoms. The molecule has 1 heterocycles. The molecule has 1 fully saturated rings. The predicted octanol–water partition coefficient (Wildman–Crippen LogP) is 2.07. The molecule has 1 atom stereocenters. The third-order valence-electron chi connectivity index (χ3n) is 4.66. The Labute approximate surface area is 120 Å². The summed E-state index contributed by atoms with van der Waals surface area (Å²) < 4.78 is 0. The van der Waals surface area contributed by atoms with Crippen molar-refractivity contribution in [2.24, 2.45) is 0 Å². The molecule has 0 saturated heterocycles. The zero-order valence-electron chi connectivity index (χ0n) is 12.5. The van der Waals surface area contributed by atoms with Gasteiger partial charge in [-0.15, -0.1) is 0 Å². The number of hydrogen-bond donors (Lipinski definition) is 2. The van der Waals surface area contributed by atoms with Gasteiger partial charge in [0.25, 0.3) is 5.91 Å². The van der Waals surface area contributed by atoms with Crippen LogP contribution >= 0.6 is 0 Å². The third-order valence-corrected chi connectivity index (χ3v) is 4.66. The van der Waals surface area contributed by atoms with Crippen molar-refractivity contribution in [3.63, 3.8) is 0 Å². The lowest BCUT2D eigenvalue weighted by Crippen LogP contribution is -2.61. The molecule has 1 aromatic rings. The van der Waals surface area contributed by atoms with Gasteiger partial charge in [-0.1, -0.05) is 6.07 Å². The van der Waals surface area contributed by atoms with Gasteiger partial charge in [-0.25, -0.2) is 0 Å². The van der Waals surface area contributed by atoms with Crippen LogP contribution < -0.4 is 15.5 Å². The molecule has 1 aliphatic heterocycles. The molecule has 2 N–H and O–H groups in total. The molecule has 1 aromatic carbocycles. The maximum absolute atomic E-state index is 12.3. The van der Waals surface area contributed by atoms with Gasteiger partial charge in [0.1, 0.15) is 5.66 Å². The zero-order chi connectivity index (χ0) is 14.3. The SMILES string of the molecule is CNCC[C@]1(C)NC(=O)c2ccc(C3CC3)cc2N1C. The normalized spacial score (nSPS) is 25.4. The molecular formula is C16H23N3O. The number of benzene rings is 1. The molecule has 1 aliphatic carbocycles. The van der Waals surface area contributed by atoms with E-state index in [0.717, 1.165) is 24.2 Å². The van der Waals surface area contributed by atoms with Gasteiger partial charge < -0.3 is 15.5 Å². The minimum atomic E-state index is -0.324. The van der Waals surface area contributed by atoms with E-state index < -0.39 is 0 Å². The van der Waals surface area contributed by atoms with Gasteiger partial charge in [0.15, 0.2) is 0 Å². The summed E-state index contributed by atoms with van der Waals surface area (Å²) in [6.45, 7) is 2.97. The standard InChI is InChI=1S/C16H23N3O/c1-16(8-9-17-2)18-15(20)13-7-6-12(11-4-5-11)10-14(13)19(16)3/h6-7,10-11,17H,4-5,8-9H2,1-3H3,(H,18,20)/t16-/m1/s1. The van der Waals surface area contributed by atoms with E-state index >= 15 is 0 Å². The van der Waals surface area contributed by atoms with Crippen LogP contribution in [0.5, 0.6) is 0 Å². The molecular weight excluding hydrogens is 250 g/mol. The lowest BCUT2D eigenvalue weighted by Gasteiger charge is -2.45. The number of amides is 1. The van der Waals surface area contributed by atoms with Crippen LogP contribution in [-0.2, 0) is 0 Å². The largest absolute Gasteiger partial charge is 0.351 e. The minimum absolute atomic E-state index is 0.0408. The summed E-state index contributed by atoms with van der Waals surface area (Å²) in [6.07, 6.45) is 3.44. The number of rotatable bonds is 4. The molecule has 0 radical (unpaired) electrons. The Morgan fingerprint density at radius 1 is 1.45 bits per heavy atom. The number of fused-ring (bicyclic) bond motifs is 1. The van der Waals surface area contributed by atoms with E-state index in [4.69, 9.17) is 0 Å². The second kappa shape index (κ2) is 4.77. The number of nitrogens with one attached hydrogen (secondary N) is 2. The average Bonchev–Trinajstić information content (AvgIpc) is 3.27.